The predicted molar refractivity (Wildman–Crippen MR) is 111 cm³/mol. The molecule has 0 spiro atoms. The van der Waals surface area contributed by atoms with Crippen molar-refractivity contribution in [1.82, 2.24) is 19.9 Å². The number of hydrogen-bond donors (Lipinski definition) is 1. The van der Waals surface area contributed by atoms with Gasteiger partial charge in [0.05, 0.1) is 17.6 Å². The first-order valence-corrected chi connectivity index (χ1v) is 10.1. The molecule has 0 atom stereocenters. The minimum atomic E-state index is -0.213. The fourth-order valence-electron chi connectivity index (χ4n) is 3.97. The number of aromatic nitrogens is 3. The SMILES string of the molecule is CCN(CC)CCNc1ncnc2c1oc1nc(C)c3c(c12)CC(C)(C)OC3. The molecule has 0 unspecified atom stereocenters. The summed E-state index contributed by atoms with van der Waals surface area (Å²) in [7, 11) is 0. The van der Waals surface area contributed by atoms with Crippen LogP contribution in [0.4, 0.5) is 5.82 Å². The van der Waals surface area contributed by atoms with Gasteiger partial charge in [0.1, 0.15) is 11.8 Å². The van der Waals surface area contributed by atoms with Crippen LogP contribution in [-0.4, -0.2) is 51.6 Å². The minimum absolute atomic E-state index is 0.213. The second kappa shape index (κ2) is 7.29. The summed E-state index contributed by atoms with van der Waals surface area (Å²) in [5.41, 5.74) is 5.29. The van der Waals surface area contributed by atoms with Crippen LogP contribution in [0.5, 0.6) is 0 Å². The van der Waals surface area contributed by atoms with E-state index in [0.29, 0.717) is 17.9 Å². The van der Waals surface area contributed by atoms with Gasteiger partial charge in [-0.3, -0.25) is 0 Å². The van der Waals surface area contributed by atoms with E-state index in [2.05, 4.69) is 47.9 Å². The Morgan fingerprint density at radius 2 is 1.96 bits per heavy atom. The molecule has 1 aliphatic rings. The van der Waals surface area contributed by atoms with Crippen LogP contribution in [0.25, 0.3) is 22.2 Å². The zero-order chi connectivity index (χ0) is 19.9. The third kappa shape index (κ3) is 3.33. The standard InChI is InChI=1S/C21H29N5O2/c1-6-26(7-2)9-8-22-19-18-17(23-12-24-19)16-14-10-21(4,5)27-11-15(14)13(3)25-20(16)28-18/h12H,6-11H2,1-5H3,(H,22,23,24). The normalized spacial score (nSPS) is 16.1. The number of nitrogens with zero attached hydrogens (tertiary/aromatic N) is 4. The van der Waals surface area contributed by atoms with Gasteiger partial charge < -0.3 is 19.4 Å². The van der Waals surface area contributed by atoms with Gasteiger partial charge in [-0.25, -0.2) is 15.0 Å². The average molecular weight is 383 g/mol. The van der Waals surface area contributed by atoms with Crippen LogP contribution in [0.15, 0.2) is 10.7 Å². The summed E-state index contributed by atoms with van der Waals surface area (Å²) in [6.07, 6.45) is 2.42. The molecule has 0 fully saturated rings. The van der Waals surface area contributed by atoms with Gasteiger partial charge in [0.15, 0.2) is 11.4 Å². The molecule has 28 heavy (non-hydrogen) atoms. The minimum Gasteiger partial charge on any atom is -0.432 e. The molecule has 1 N–H and O–H groups in total. The Labute approximate surface area is 165 Å². The van der Waals surface area contributed by atoms with Gasteiger partial charge in [-0.1, -0.05) is 13.8 Å². The van der Waals surface area contributed by atoms with Gasteiger partial charge in [0, 0.05) is 30.8 Å². The number of likely N-dealkylation sites (N-methyl/N-ethyl adjacent to an activating group) is 1. The molecule has 0 saturated heterocycles. The molecule has 0 aromatic carbocycles. The highest BCUT2D eigenvalue weighted by Crippen LogP contribution is 2.39. The van der Waals surface area contributed by atoms with Crippen molar-refractivity contribution in [2.45, 2.75) is 53.2 Å². The van der Waals surface area contributed by atoms with Crippen molar-refractivity contribution in [3.05, 3.63) is 23.1 Å². The summed E-state index contributed by atoms with van der Waals surface area (Å²) >= 11 is 0. The number of furan rings is 1. The number of aryl methyl sites for hydroxylation is 1. The molecular formula is C21H29N5O2. The van der Waals surface area contributed by atoms with Crippen LogP contribution in [0.1, 0.15) is 44.5 Å². The van der Waals surface area contributed by atoms with E-state index >= 15 is 0 Å². The van der Waals surface area contributed by atoms with E-state index in [9.17, 15) is 0 Å². The van der Waals surface area contributed by atoms with Crippen molar-refractivity contribution in [3.8, 4) is 0 Å². The summed E-state index contributed by atoms with van der Waals surface area (Å²) < 4.78 is 12.2. The van der Waals surface area contributed by atoms with Crippen molar-refractivity contribution >= 4 is 28.0 Å². The number of fused-ring (bicyclic) bond motifs is 5. The third-order valence-electron chi connectivity index (χ3n) is 5.65. The first-order valence-electron chi connectivity index (χ1n) is 10.1. The lowest BCUT2D eigenvalue weighted by atomic mass is 9.89. The Morgan fingerprint density at radius 3 is 2.71 bits per heavy atom. The van der Waals surface area contributed by atoms with E-state index in [1.54, 1.807) is 6.33 Å². The van der Waals surface area contributed by atoms with Gasteiger partial charge in [0.2, 0.25) is 5.71 Å². The van der Waals surface area contributed by atoms with E-state index in [4.69, 9.17) is 14.1 Å². The molecule has 0 radical (unpaired) electrons. The first-order chi connectivity index (χ1) is 13.4. The average Bonchev–Trinajstić information content (AvgIpc) is 3.03. The topological polar surface area (TPSA) is 76.3 Å². The number of anilines is 1. The molecule has 150 valence electrons. The zero-order valence-electron chi connectivity index (χ0n) is 17.4. The lowest BCUT2D eigenvalue weighted by Gasteiger charge is -2.32. The van der Waals surface area contributed by atoms with E-state index in [1.165, 1.54) is 5.56 Å². The molecule has 7 nitrogen and oxygen atoms in total. The lowest BCUT2D eigenvalue weighted by Crippen LogP contribution is -2.32. The third-order valence-corrected chi connectivity index (χ3v) is 5.65. The Morgan fingerprint density at radius 1 is 1.18 bits per heavy atom. The molecule has 0 bridgehead atoms. The molecule has 3 aromatic heterocycles. The van der Waals surface area contributed by atoms with Crippen molar-refractivity contribution in [1.29, 1.82) is 0 Å². The van der Waals surface area contributed by atoms with E-state index < -0.39 is 0 Å². The number of ether oxygens (including phenoxy) is 1. The Bertz CT molecular complexity index is 1010. The van der Waals surface area contributed by atoms with Gasteiger partial charge in [-0.15, -0.1) is 0 Å². The summed E-state index contributed by atoms with van der Waals surface area (Å²) in [6, 6.07) is 0. The number of hydrogen-bond acceptors (Lipinski definition) is 7. The zero-order valence-corrected chi connectivity index (χ0v) is 17.4. The molecule has 0 saturated carbocycles. The van der Waals surface area contributed by atoms with Crippen molar-refractivity contribution in [2.24, 2.45) is 0 Å². The van der Waals surface area contributed by atoms with E-state index in [-0.39, 0.29) is 5.60 Å². The number of rotatable bonds is 6. The maximum absolute atomic E-state index is 6.16. The maximum atomic E-state index is 6.16. The molecule has 4 heterocycles. The van der Waals surface area contributed by atoms with Gasteiger partial charge in [-0.05, 0) is 39.4 Å². The molecule has 7 heteroatoms. The summed E-state index contributed by atoms with van der Waals surface area (Å²) in [4.78, 5) is 16.0. The monoisotopic (exact) mass is 383 g/mol. The fraction of sp³-hybridized carbons (Fsp3) is 0.571. The van der Waals surface area contributed by atoms with E-state index in [0.717, 1.165) is 60.6 Å². The smallest absolute Gasteiger partial charge is 0.229 e. The predicted octanol–water partition coefficient (Wildman–Crippen LogP) is 3.68. The van der Waals surface area contributed by atoms with Crippen LogP contribution >= 0.6 is 0 Å². The van der Waals surface area contributed by atoms with Gasteiger partial charge in [-0.2, -0.15) is 0 Å². The quantitative estimate of drug-likeness (QED) is 0.696. The number of pyridine rings is 1. The summed E-state index contributed by atoms with van der Waals surface area (Å²) in [5.74, 6) is 0.730. The molecule has 0 amide bonds. The van der Waals surface area contributed by atoms with Gasteiger partial charge >= 0.3 is 0 Å². The fourth-order valence-corrected chi connectivity index (χ4v) is 3.97. The van der Waals surface area contributed by atoms with Crippen molar-refractivity contribution in [3.63, 3.8) is 0 Å². The first kappa shape index (κ1) is 19.1. The van der Waals surface area contributed by atoms with Crippen LogP contribution in [0.2, 0.25) is 0 Å². The Balaban J connectivity index is 1.77. The molecule has 1 aliphatic heterocycles. The molecular weight excluding hydrogens is 354 g/mol. The van der Waals surface area contributed by atoms with Crippen LogP contribution in [-0.2, 0) is 17.8 Å². The van der Waals surface area contributed by atoms with E-state index in [1.807, 2.05) is 6.92 Å². The number of nitrogens with one attached hydrogen (secondary N) is 1. The molecule has 4 rings (SSSR count). The molecule has 3 aromatic rings. The van der Waals surface area contributed by atoms with Crippen molar-refractivity contribution in [2.75, 3.05) is 31.5 Å². The highest BCUT2D eigenvalue weighted by molar-refractivity contribution is 6.06. The highest BCUT2D eigenvalue weighted by atomic mass is 16.5. The highest BCUT2D eigenvalue weighted by Gasteiger charge is 2.31. The Hall–Kier alpha value is -2.25. The maximum Gasteiger partial charge on any atom is 0.229 e. The second-order valence-electron chi connectivity index (χ2n) is 8.02. The van der Waals surface area contributed by atoms with Crippen LogP contribution in [0, 0.1) is 6.92 Å². The van der Waals surface area contributed by atoms with Crippen LogP contribution in [0.3, 0.4) is 0 Å². The van der Waals surface area contributed by atoms with Crippen molar-refractivity contribution < 1.29 is 9.15 Å². The summed E-state index contributed by atoms with van der Waals surface area (Å²) in [6.45, 7) is 15.0. The lowest BCUT2D eigenvalue weighted by molar-refractivity contribution is -0.0400. The van der Waals surface area contributed by atoms with Crippen LogP contribution < -0.4 is 5.32 Å². The summed E-state index contributed by atoms with van der Waals surface area (Å²) in [5, 5.41) is 4.42. The molecule has 0 aliphatic carbocycles. The second-order valence-corrected chi connectivity index (χ2v) is 8.02. The van der Waals surface area contributed by atoms with Gasteiger partial charge in [0.25, 0.3) is 0 Å². The Kier molecular flexibility index (Phi) is 4.97. The largest absolute Gasteiger partial charge is 0.432 e.